The monoisotopic (exact) mass is 410 g/mol. The number of hydrogen-bond donors (Lipinski definition) is 3. The molecular weight excluding hydrogens is 384 g/mol. The van der Waals surface area contributed by atoms with E-state index in [0.29, 0.717) is 6.42 Å². The first-order valence-electron chi connectivity index (χ1n) is 10.1. The van der Waals surface area contributed by atoms with Crippen molar-refractivity contribution >= 4 is 18.0 Å². The van der Waals surface area contributed by atoms with Gasteiger partial charge in [0.05, 0.1) is 0 Å². The molecule has 0 aliphatic heterocycles. The molecule has 0 heterocycles. The lowest BCUT2D eigenvalue weighted by Crippen LogP contribution is -2.51. The van der Waals surface area contributed by atoms with Crippen LogP contribution in [0.4, 0.5) is 4.79 Å². The zero-order valence-corrected chi connectivity index (χ0v) is 17.1. The van der Waals surface area contributed by atoms with Gasteiger partial charge in [-0.1, -0.05) is 62.4 Å². The van der Waals surface area contributed by atoms with Crippen molar-refractivity contribution in [2.75, 3.05) is 6.61 Å². The molecule has 3 rings (SSSR count). The van der Waals surface area contributed by atoms with Gasteiger partial charge >= 0.3 is 12.1 Å². The van der Waals surface area contributed by atoms with Crippen LogP contribution in [0.5, 0.6) is 0 Å². The zero-order chi connectivity index (χ0) is 21.7. The molecule has 158 valence electrons. The average Bonchev–Trinajstić information content (AvgIpc) is 3.07. The second kappa shape index (κ2) is 9.43. The van der Waals surface area contributed by atoms with E-state index in [1.807, 2.05) is 36.4 Å². The van der Waals surface area contributed by atoms with Crippen LogP contribution in [0.25, 0.3) is 11.1 Å². The third-order valence-corrected chi connectivity index (χ3v) is 5.38. The van der Waals surface area contributed by atoms with Crippen LogP contribution in [0.15, 0.2) is 48.5 Å². The Morgan fingerprint density at radius 3 is 1.93 bits per heavy atom. The van der Waals surface area contributed by atoms with Crippen LogP contribution in [0.3, 0.4) is 0 Å². The van der Waals surface area contributed by atoms with Crippen molar-refractivity contribution in [3.05, 3.63) is 59.7 Å². The predicted octanol–water partition coefficient (Wildman–Crippen LogP) is 3.28. The van der Waals surface area contributed by atoms with Gasteiger partial charge in [-0.15, -0.1) is 0 Å². The van der Waals surface area contributed by atoms with Gasteiger partial charge in [0.1, 0.15) is 18.7 Å². The molecule has 2 aromatic rings. The van der Waals surface area contributed by atoms with Gasteiger partial charge in [-0.25, -0.2) is 9.59 Å². The van der Waals surface area contributed by atoms with Crippen molar-refractivity contribution in [2.45, 2.75) is 44.7 Å². The molecule has 1 unspecified atom stereocenters. The van der Waals surface area contributed by atoms with Gasteiger partial charge in [0, 0.05) is 5.92 Å². The largest absolute Gasteiger partial charge is 0.480 e. The molecule has 0 aromatic heterocycles. The number of carboxylic acids is 1. The fraction of sp³-hybridized carbons (Fsp3) is 0.348. The van der Waals surface area contributed by atoms with Crippen LogP contribution >= 0.6 is 0 Å². The van der Waals surface area contributed by atoms with Crippen molar-refractivity contribution in [2.24, 2.45) is 0 Å². The van der Waals surface area contributed by atoms with E-state index < -0.39 is 30.1 Å². The van der Waals surface area contributed by atoms with Crippen molar-refractivity contribution in [1.82, 2.24) is 10.6 Å². The summed E-state index contributed by atoms with van der Waals surface area (Å²) >= 11 is 0. The first-order valence-corrected chi connectivity index (χ1v) is 10.1. The summed E-state index contributed by atoms with van der Waals surface area (Å²) in [5, 5.41) is 14.1. The number of fused-ring (bicyclic) bond motifs is 3. The first-order chi connectivity index (χ1) is 14.5. The Morgan fingerprint density at radius 2 is 1.43 bits per heavy atom. The van der Waals surface area contributed by atoms with Crippen molar-refractivity contribution < 1.29 is 24.2 Å². The summed E-state index contributed by atoms with van der Waals surface area (Å²) in [6.07, 6.45) is -0.142. The van der Waals surface area contributed by atoms with E-state index in [0.717, 1.165) is 22.3 Å². The van der Waals surface area contributed by atoms with Crippen LogP contribution in [-0.4, -0.2) is 41.8 Å². The normalized spacial score (nSPS) is 14.2. The van der Waals surface area contributed by atoms with Crippen molar-refractivity contribution in [3.63, 3.8) is 0 Å². The topological polar surface area (TPSA) is 105 Å². The molecule has 0 bridgehead atoms. The average molecular weight is 410 g/mol. The second-order valence-electron chi connectivity index (χ2n) is 7.24. The first kappa shape index (κ1) is 21.4. The predicted molar refractivity (Wildman–Crippen MR) is 112 cm³/mol. The highest BCUT2D eigenvalue weighted by molar-refractivity contribution is 5.89. The number of benzene rings is 2. The molecule has 1 aliphatic rings. The number of carboxylic acid groups (broad SMARTS) is 1. The molecule has 2 atom stereocenters. The van der Waals surface area contributed by atoms with E-state index in [4.69, 9.17) is 9.84 Å². The zero-order valence-electron chi connectivity index (χ0n) is 17.1. The number of amides is 2. The smallest absolute Gasteiger partial charge is 0.407 e. The Balaban J connectivity index is 1.63. The molecule has 0 saturated carbocycles. The summed E-state index contributed by atoms with van der Waals surface area (Å²) in [7, 11) is 0. The maximum absolute atomic E-state index is 12.4. The number of rotatable bonds is 8. The van der Waals surface area contributed by atoms with Crippen LogP contribution < -0.4 is 10.6 Å². The SMILES string of the molecule is CCC(NC(=O)OCC1c2ccccc2-c2ccccc21)C(=O)N[C@H](CC)C(=O)O. The number of aliphatic carboxylic acids is 1. The van der Waals surface area contributed by atoms with Crippen molar-refractivity contribution in [3.8, 4) is 11.1 Å². The summed E-state index contributed by atoms with van der Waals surface area (Å²) < 4.78 is 5.45. The maximum atomic E-state index is 12.4. The highest BCUT2D eigenvalue weighted by Gasteiger charge is 2.30. The molecule has 0 saturated heterocycles. The molecule has 2 amide bonds. The third-order valence-electron chi connectivity index (χ3n) is 5.38. The highest BCUT2D eigenvalue weighted by Crippen LogP contribution is 2.44. The lowest BCUT2D eigenvalue weighted by molar-refractivity contribution is -0.142. The number of alkyl carbamates (subject to hydrolysis) is 1. The van der Waals surface area contributed by atoms with Crippen molar-refractivity contribution in [1.29, 1.82) is 0 Å². The number of carbonyl (C=O) groups is 3. The van der Waals surface area contributed by atoms with E-state index in [-0.39, 0.29) is 18.9 Å². The Bertz CT molecular complexity index is 897. The van der Waals surface area contributed by atoms with Crippen LogP contribution in [0, 0.1) is 0 Å². The summed E-state index contributed by atoms with van der Waals surface area (Å²) in [5.41, 5.74) is 4.46. The van der Waals surface area contributed by atoms with E-state index in [1.54, 1.807) is 13.8 Å². The van der Waals surface area contributed by atoms with Gasteiger partial charge in [-0.3, -0.25) is 4.79 Å². The fourth-order valence-electron chi connectivity index (χ4n) is 3.75. The quantitative estimate of drug-likeness (QED) is 0.619. The molecule has 0 radical (unpaired) electrons. The van der Waals surface area contributed by atoms with E-state index in [1.165, 1.54) is 0 Å². The maximum Gasteiger partial charge on any atom is 0.407 e. The van der Waals surface area contributed by atoms with Crippen LogP contribution in [0.1, 0.15) is 43.7 Å². The third kappa shape index (κ3) is 4.45. The lowest BCUT2D eigenvalue weighted by atomic mass is 9.98. The minimum Gasteiger partial charge on any atom is -0.480 e. The van der Waals surface area contributed by atoms with Gasteiger partial charge in [0.25, 0.3) is 0 Å². The lowest BCUT2D eigenvalue weighted by Gasteiger charge is -2.20. The summed E-state index contributed by atoms with van der Waals surface area (Å²) in [5.74, 6) is -1.73. The highest BCUT2D eigenvalue weighted by atomic mass is 16.5. The second-order valence-corrected chi connectivity index (χ2v) is 7.24. The van der Waals surface area contributed by atoms with E-state index >= 15 is 0 Å². The Kier molecular flexibility index (Phi) is 6.72. The molecule has 0 fully saturated rings. The molecule has 2 aromatic carbocycles. The summed E-state index contributed by atoms with van der Waals surface area (Å²) in [6, 6.07) is 14.2. The molecule has 7 heteroatoms. The Labute approximate surface area is 175 Å². The van der Waals surface area contributed by atoms with Gasteiger partial charge in [0.15, 0.2) is 0 Å². The fourth-order valence-corrected chi connectivity index (χ4v) is 3.75. The van der Waals surface area contributed by atoms with Gasteiger partial charge in [-0.2, -0.15) is 0 Å². The number of ether oxygens (including phenoxy) is 1. The molecule has 7 nitrogen and oxygen atoms in total. The standard InChI is InChI=1S/C23H26N2O5/c1-3-19(21(26)24-20(4-2)22(27)28)25-23(29)30-13-18-16-11-7-5-9-14(16)15-10-6-8-12-17(15)18/h5-12,18-20H,3-4,13H2,1-2H3,(H,24,26)(H,25,29)(H,27,28)/t19?,20-/m1/s1. The van der Waals surface area contributed by atoms with E-state index in [9.17, 15) is 14.4 Å². The minimum absolute atomic E-state index is 0.0754. The van der Waals surface area contributed by atoms with Gasteiger partial charge in [0.2, 0.25) is 5.91 Å². The van der Waals surface area contributed by atoms with Crippen LogP contribution in [0.2, 0.25) is 0 Å². The Morgan fingerprint density at radius 1 is 0.900 bits per heavy atom. The number of nitrogens with one attached hydrogen (secondary N) is 2. The minimum atomic E-state index is -1.11. The Hall–Kier alpha value is -3.35. The van der Waals surface area contributed by atoms with E-state index in [2.05, 4.69) is 22.8 Å². The summed E-state index contributed by atoms with van der Waals surface area (Å²) in [6.45, 7) is 3.54. The van der Waals surface area contributed by atoms with Gasteiger partial charge in [-0.05, 0) is 35.1 Å². The number of carbonyl (C=O) groups excluding carboxylic acids is 2. The molecule has 30 heavy (non-hydrogen) atoms. The van der Waals surface area contributed by atoms with Gasteiger partial charge < -0.3 is 20.5 Å². The molecule has 0 spiro atoms. The number of hydrogen-bond acceptors (Lipinski definition) is 4. The molecule has 3 N–H and O–H groups in total. The molecular formula is C23H26N2O5. The summed E-state index contributed by atoms with van der Waals surface area (Å²) in [4.78, 5) is 35.8. The van der Waals surface area contributed by atoms with Crippen LogP contribution in [-0.2, 0) is 14.3 Å². The molecule has 1 aliphatic carbocycles.